The van der Waals surface area contributed by atoms with Gasteiger partial charge in [0.25, 0.3) is 5.91 Å². The Morgan fingerprint density at radius 1 is 1.29 bits per heavy atom. The van der Waals surface area contributed by atoms with Gasteiger partial charge >= 0.3 is 5.97 Å². The summed E-state index contributed by atoms with van der Waals surface area (Å²) < 4.78 is 5.02. The van der Waals surface area contributed by atoms with Crippen LogP contribution < -0.4 is 5.32 Å². The van der Waals surface area contributed by atoms with Gasteiger partial charge in [0.15, 0.2) is 0 Å². The molecule has 1 aromatic carbocycles. The molecule has 2 N–H and O–H groups in total. The largest absolute Gasteiger partial charge is 0.480 e. The van der Waals surface area contributed by atoms with Gasteiger partial charge in [-0.2, -0.15) is 11.8 Å². The SMILES string of the molecule is COCc1ccc(C(=O)NC2(C(=O)O)CCSCC2)cc1. The molecule has 21 heavy (non-hydrogen) atoms. The van der Waals surface area contributed by atoms with Gasteiger partial charge in [-0.3, -0.25) is 4.79 Å². The number of carboxylic acid groups (broad SMARTS) is 1. The van der Waals surface area contributed by atoms with E-state index in [1.54, 1.807) is 31.0 Å². The molecule has 1 saturated heterocycles. The smallest absolute Gasteiger partial charge is 0.329 e. The van der Waals surface area contributed by atoms with Crippen LogP contribution in [-0.4, -0.2) is 41.1 Å². The fourth-order valence-electron chi connectivity index (χ4n) is 2.32. The highest BCUT2D eigenvalue weighted by atomic mass is 32.2. The van der Waals surface area contributed by atoms with E-state index in [4.69, 9.17) is 4.74 Å². The average Bonchev–Trinajstić information content (AvgIpc) is 2.49. The molecule has 6 heteroatoms. The molecule has 0 unspecified atom stereocenters. The molecule has 0 bridgehead atoms. The first-order chi connectivity index (χ1) is 10.1. The summed E-state index contributed by atoms with van der Waals surface area (Å²) in [5.41, 5.74) is 0.304. The maximum atomic E-state index is 12.3. The van der Waals surface area contributed by atoms with E-state index in [1.807, 2.05) is 12.1 Å². The summed E-state index contributed by atoms with van der Waals surface area (Å²) in [6.07, 6.45) is 0.918. The third kappa shape index (κ3) is 3.77. The van der Waals surface area contributed by atoms with Crippen molar-refractivity contribution >= 4 is 23.6 Å². The molecular weight excluding hydrogens is 290 g/mol. The number of aliphatic carboxylic acids is 1. The van der Waals surface area contributed by atoms with E-state index in [0.717, 1.165) is 17.1 Å². The second-order valence-corrected chi connectivity index (χ2v) is 6.31. The second-order valence-electron chi connectivity index (χ2n) is 5.08. The number of hydrogen-bond acceptors (Lipinski definition) is 4. The number of amides is 1. The van der Waals surface area contributed by atoms with Crippen LogP contribution in [-0.2, 0) is 16.1 Å². The van der Waals surface area contributed by atoms with Crippen LogP contribution >= 0.6 is 11.8 Å². The van der Waals surface area contributed by atoms with Gasteiger partial charge in [0, 0.05) is 12.7 Å². The summed E-state index contributed by atoms with van der Waals surface area (Å²) in [4.78, 5) is 23.8. The lowest BCUT2D eigenvalue weighted by atomic mass is 9.92. The molecule has 0 radical (unpaired) electrons. The number of ether oxygens (including phenoxy) is 1. The number of thioether (sulfide) groups is 1. The van der Waals surface area contributed by atoms with Crippen molar-refractivity contribution in [1.29, 1.82) is 0 Å². The minimum absolute atomic E-state index is 0.340. The third-order valence-corrected chi connectivity index (χ3v) is 4.62. The van der Waals surface area contributed by atoms with E-state index in [-0.39, 0.29) is 5.91 Å². The van der Waals surface area contributed by atoms with Crippen LogP contribution in [0.15, 0.2) is 24.3 Å². The molecule has 1 aromatic rings. The van der Waals surface area contributed by atoms with Crippen molar-refractivity contribution in [2.45, 2.75) is 25.0 Å². The summed E-state index contributed by atoms with van der Waals surface area (Å²) in [5, 5.41) is 12.2. The molecule has 1 heterocycles. The van der Waals surface area contributed by atoms with Crippen LogP contribution in [0.3, 0.4) is 0 Å². The van der Waals surface area contributed by atoms with Crippen molar-refractivity contribution in [3.63, 3.8) is 0 Å². The molecule has 0 spiro atoms. The summed E-state index contributed by atoms with van der Waals surface area (Å²) >= 11 is 1.72. The molecule has 114 valence electrons. The zero-order valence-electron chi connectivity index (χ0n) is 11.9. The Hall–Kier alpha value is -1.53. The standard InChI is InChI=1S/C15H19NO4S/c1-20-10-11-2-4-12(5-3-11)13(17)16-15(14(18)19)6-8-21-9-7-15/h2-5H,6-10H2,1H3,(H,16,17)(H,18,19). The lowest BCUT2D eigenvalue weighted by Gasteiger charge is -2.33. The van der Waals surface area contributed by atoms with Gasteiger partial charge in [-0.15, -0.1) is 0 Å². The highest BCUT2D eigenvalue weighted by molar-refractivity contribution is 7.99. The topological polar surface area (TPSA) is 75.6 Å². The van der Waals surface area contributed by atoms with E-state index in [2.05, 4.69) is 5.32 Å². The molecule has 0 saturated carbocycles. The lowest BCUT2D eigenvalue weighted by molar-refractivity contribution is -0.144. The predicted molar refractivity (Wildman–Crippen MR) is 81.5 cm³/mol. The Kier molecular flexibility index (Phi) is 5.25. The van der Waals surface area contributed by atoms with Crippen LogP contribution in [0.4, 0.5) is 0 Å². The van der Waals surface area contributed by atoms with Crippen LogP contribution in [0.2, 0.25) is 0 Å². The number of methoxy groups -OCH3 is 1. The first-order valence-electron chi connectivity index (χ1n) is 6.79. The van der Waals surface area contributed by atoms with E-state index in [1.165, 1.54) is 0 Å². The fraction of sp³-hybridized carbons (Fsp3) is 0.467. The molecule has 5 nitrogen and oxygen atoms in total. The lowest BCUT2D eigenvalue weighted by Crippen LogP contribution is -2.56. The monoisotopic (exact) mass is 309 g/mol. The van der Waals surface area contributed by atoms with Crippen LogP contribution in [0.1, 0.15) is 28.8 Å². The zero-order valence-corrected chi connectivity index (χ0v) is 12.7. The van der Waals surface area contributed by atoms with Gasteiger partial charge in [-0.1, -0.05) is 12.1 Å². The van der Waals surface area contributed by atoms with E-state index in [0.29, 0.717) is 25.0 Å². The molecular formula is C15H19NO4S. The highest BCUT2D eigenvalue weighted by Crippen LogP contribution is 2.27. The Balaban J connectivity index is 2.10. The first kappa shape index (κ1) is 15.9. The normalized spacial score (nSPS) is 17.2. The number of carboxylic acids is 1. The Labute approximate surface area is 128 Å². The van der Waals surface area contributed by atoms with Crippen molar-refractivity contribution < 1.29 is 19.4 Å². The van der Waals surface area contributed by atoms with Gasteiger partial charge in [0.2, 0.25) is 0 Å². The van der Waals surface area contributed by atoms with Gasteiger partial charge in [-0.25, -0.2) is 4.79 Å². The molecule has 1 amide bonds. The second kappa shape index (κ2) is 6.95. The molecule has 1 aliphatic heterocycles. The van der Waals surface area contributed by atoms with Gasteiger partial charge in [0.05, 0.1) is 6.61 Å². The number of hydrogen-bond donors (Lipinski definition) is 2. The summed E-state index contributed by atoms with van der Waals surface area (Å²) in [6.45, 7) is 0.484. The van der Waals surface area contributed by atoms with Crippen molar-refractivity contribution in [1.82, 2.24) is 5.32 Å². The maximum Gasteiger partial charge on any atom is 0.329 e. The number of benzene rings is 1. The van der Waals surface area contributed by atoms with E-state index < -0.39 is 11.5 Å². The Bertz CT molecular complexity index is 509. The fourth-order valence-corrected chi connectivity index (χ4v) is 3.51. The molecule has 1 fully saturated rings. The Morgan fingerprint density at radius 2 is 1.90 bits per heavy atom. The third-order valence-electron chi connectivity index (χ3n) is 3.64. The van der Waals surface area contributed by atoms with Crippen molar-refractivity contribution in [3.05, 3.63) is 35.4 Å². The maximum absolute atomic E-state index is 12.3. The molecule has 0 aromatic heterocycles. The number of carbonyl (C=O) groups excluding carboxylic acids is 1. The van der Waals surface area contributed by atoms with Crippen molar-refractivity contribution in [3.8, 4) is 0 Å². The van der Waals surface area contributed by atoms with Crippen LogP contribution in [0, 0.1) is 0 Å². The first-order valence-corrected chi connectivity index (χ1v) is 7.94. The van der Waals surface area contributed by atoms with E-state index in [9.17, 15) is 14.7 Å². The predicted octanol–water partition coefficient (Wildman–Crippen LogP) is 1.91. The minimum atomic E-state index is -1.13. The summed E-state index contributed by atoms with van der Waals surface area (Å²) in [5.74, 6) is 0.207. The van der Waals surface area contributed by atoms with Crippen LogP contribution in [0.5, 0.6) is 0 Å². The number of nitrogens with one attached hydrogen (secondary N) is 1. The number of rotatable bonds is 5. The molecule has 1 aliphatic rings. The molecule has 0 atom stereocenters. The van der Waals surface area contributed by atoms with Gasteiger partial charge in [0.1, 0.15) is 5.54 Å². The minimum Gasteiger partial charge on any atom is -0.480 e. The zero-order chi connectivity index (χ0) is 15.3. The molecule has 0 aliphatic carbocycles. The average molecular weight is 309 g/mol. The summed E-state index contributed by atoms with van der Waals surface area (Å²) in [6, 6.07) is 7.00. The molecule has 2 rings (SSSR count). The van der Waals surface area contributed by atoms with Crippen molar-refractivity contribution in [2.75, 3.05) is 18.6 Å². The Morgan fingerprint density at radius 3 is 2.43 bits per heavy atom. The summed E-state index contributed by atoms with van der Waals surface area (Å²) in [7, 11) is 1.61. The van der Waals surface area contributed by atoms with E-state index >= 15 is 0 Å². The van der Waals surface area contributed by atoms with Gasteiger partial charge < -0.3 is 15.2 Å². The van der Waals surface area contributed by atoms with Crippen molar-refractivity contribution in [2.24, 2.45) is 0 Å². The van der Waals surface area contributed by atoms with Crippen LogP contribution in [0.25, 0.3) is 0 Å². The quantitative estimate of drug-likeness (QED) is 0.869. The highest BCUT2D eigenvalue weighted by Gasteiger charge is 2.41. The van der Waals surface area contributed by atoms with Gasteiger partial charge in [-0.05, 0) is 42.0 Å². The number of carbonyl (C=O) groups is 2.